The predicted octanol–water partition coefficient (Wildman–Crippen LogP) is 3.86. The van der Waals surface area contributed by atoms with Crippen LogP contribution in [0.15, 0.2) is 36.8 Å². The summed E-state index contributed by atoms with van der Waals surface area (Å²) in [6.45, 7) is 1.17. The van der Waals surface area contributed by atoms with E-state index in [1.807, 2.05) is 6.20 Å². The molecule has 5 rings (SSSR count). The molecule has 9 heteroatoms. The minimum atomic E-state index is -0.727. The zero-order valence-corrected chi connectivity index (χ0v) is 16.2. The number of aromatic amines is 1. The molecule has 30 heavy (non-hydrogen) atoms. The number of benzene rings is 1. The molecule has 0 radical (unpaired) electrons. The van der Waals surface area contributed by atoms with Crippen molar-refractivity contribution >= 4 is 10.9 Å². The summed E-state index contributed by atoms with van der Waals surface area (Å²) in [4.78, 5) is 4.23. The Morgan fingerprint density at radius 3 is 2.60 bits per heavy atom. The van der Waals surface area contributed by atoms with Crippen molar-refractivity contribution in [2.75, 3.05) is 13.2 Å². The van der Waals surface area contributed by atoms with Gasteiger partial charge in [-0.3, -0.25) is 14.8 Å². The van der Waals surface area contributed by atoms with Crippen LogP contribution >= 0.6 is 0 Å². The Morgan fingerprint density at radius 1 is 1.13 bits per heavy atom. The number of pyridine rings is 1. The summed E-state index contributed by atoms with van der Waals surface area (Å²) in [7, 11) is 1.81. The second-order valence-corrected chi connectivity index (χ2v) is 7.28. The van der Waals surface area contributed by atoms with E-state index in [0.29, 0.717) is 42.7 Å². The van der Waals surface area contributed by atoms with Gasteiger partial charge in [0.05, 0.1) is 42.4 Å². The smallest absolute Gasteiger partial charge is 0.139 e. The maximum absolute atomic E-state index is 14.9. The first-order chi connectivity index (χ1) is 14.6. The highest BCUT2D eigenvalue weighted by atomic mass is 19.1. The van der Waals surface area contributed by atoms with Gasteiger partial charge in [-0.2, -0.15) is 10.2 Å². The zero-order chi connectivity index (χ0) is 20.7. The van der Waals surface area contributed by atoms with Crippen LogP contribution < -0.4 is 4.74 Å². The van der Waals surface area contributed by atoms with Crippen molar-refractivity contribution in [3.8, 4) is 28.3 Å². The van der Waals surface area contributed by atoms with E-state index in [-0.39, 0.29) is 23.1 Å². The normalized spacial score (nSPS) is 15.0. The second-order valence-electron chi connectivity index (χ2n) is 7.28. The first kappa shape index (κ1) is 18.7. The fourth-order valence-corrected chi connectivity index (χ4v) is 3.67. The maximum Gasteiger partial charge on any atom is 0.139 e. The van der Waals surface area contributed by atoms with E-state index in [0.717, 1.165) is 5.56 Å². The molecule has 1 fully saturated rings. The number of rotatable bonds is 4. The quantitative estimate of drug-likeness (QED) is 0.552. The fourth-order valence-electron chi connectivity index (χ4n) is 3.67. The highest BCUT2D eigenvalue weighted by Gasteiger charge is 2.20. The summed E-state index contributed by atoms with van der Waals surface area (Å²) in [6, 6.07) is 4.04. The summed E-state index contributed by atoms with van der Waals surface area (Å²) in [6.07, 6.45) is 6.30. The average Bonchev–Trinajstić information content (AvgIpc) is 3.34. The van der Waals surface area contributed by atoms with Crippen LogP contribution in [-0.2, 0) is 11.8 Å². The van der Waals surface area contributed by atoms with Crippen LogP contribution in [0.5, 0.6) is 5.75 Å². The Morgan fingerprint density at radius 2 is 1.90 bits per heavy atom. The lowest BCUT2D eigenvalue weighted by Gasteiger charge is -2.23. The van der Waals surface area contributed by atoms with E-state index < -0.39 is 11.6 Å². The van der Waals surface area contributed by atoms with Crippen molar-refractivity contribution in [2.24, 2.45) is 7.05 Å². The molecule has 0 saturated carbocycles. The average molecular weight is 411 g/mol. The third kappa shape index (κ3) is 3.41. The SMILES string of the molecule is Cn1cc(-c2n[nH]c3cnc(-c4c(F)cc(OC5CCOCC5)cc4F)cc23)cn1. The highest BCUT2D eigenvalue weighted by Crippen LogP contribution is 2.33. The minimum Gasteiger partial charge on any atom is -0.490 e. The van der Waals surface area contributed by atoms with Gasteiger partial charge in [0.2, 0.25) is 0 Å². The molecule has 7 nitrogen and oxygen atoms in total. The lowest BCUT2D eigenvalue weighted by atomic mass is 10.1. The molecule has 1 saturated heterocycles. The zero-order valence-electron chi connectivity index (χ0n) is 16.2. The van der Waals surface area contributed by atoms with Gasteiger partial charge in [0.15, 0.2) is 0 Å². The fraction of sp³-hybridized carbons (Fsp3) is 0.286. The van der Waals surface area contributed by atoms with Gasteiger partial charge in [0.25, 0.3) is 0 Å². The molecule has 1 aromatic carbocycles. The molecule has 0 atom stereocenters. The first-order valence-corrected chi connectivity index (χ1v) is 9.65. The van der Waals surface area contributed by atoms with Crippen LogP contribution in [0.4, 0.5) is 8.78 Å². The van der Waals surface area contributed by atoms with Crippen LogP contribution in [0.25, 0.3) is 33.4 Å². The van der Waals surface area contributed by atoms with Crippen molar-refractivity contribution in [3.05, 3.63) is 48.4 Å². The number of hydrogen-bond donors (Lipinski definition) is 1. The van der Waals surface area contributed by atoms with Gasteiger partial charge in [-0.15, -0.1) is 0 Å². The van der Waals surface area contributed by atoms with Crippen LogP contribution in [0, 0.1) is 11.6 Å². The molecule has 0 amide bonds. The Bertz CT molecular complexity index is 1190. The largest absolute Gasteiger partial charge is 0.490 e. The van der Waals surface area contributed by atoms with Crippen molar-refractivity contribution in [3.63, 3.8) is 0 Å². The van der Waals surface area contributed by atoms with Crippen molar-refractivity contribution in [2.45, 2.75) is 18.9 Å². The molecule has 0 aliphatic carbocycles. The predicted molar refractivity (Wildman–Crippen MR) is 106 cm³/mol. The number of fused-ring (bicyclic) bond motifs is 1. The second kappa shape index (κ2) is 7.49. The van der Waals surface area contributed by atoms with Gasteiger partial charge in [-0.25, -0.2) is 8.78 Å². The Kier molecular flexibility index (Phi) is 4.66. The van der Waals surface area contributed by atoms with Crippen LogP contribution in [0.1, 0.15) is 12.8 Å². The van der Waals surface area contributed by atoms with Crippen molar-refractivity contribution in [1.29, 1.82) is 0 Å². The molecule has 0 spiro atoms. The van der Waals surface area contributed by atoms with E-state index in [1.165, 1.54) is 18.3 Å². The van der Waals surface area contributed by atoms with Crippen LogP contribution in [0.2, 0.25) is 0 Å². The standard InChI is InChI=1S/C21H19F2N5O2/c1-28-11-12(9-25-28)21-15-8-18(24-10-19(15)26-27-21)20-16(22)6-14(7-17(20)23)30-13-2-4-29-5-3-13/h6-11,13H,2-5H2,1H3,(H,26,27). The molecule has 0 bridgehead atoms. The summed E-state index contributed by atoms with van der Waals surface area (Å²) in [5.74, 6) is -1.29. The van der Waals surface area contributed by atoms with E-state index in [9.17, 15) is 8.78 Å². The van der Waals surface area contributed by atoms with Crippen LogP contribution in [-0.4, -0.2) is 44.3 Å². The Hall–Kier alpha value is -3.33. The maximum atomic E-state index is 14.9. The molecule has 0 unspecified atom stereocenters. The van der Waals surface area contributed by atoms with Gasteiger partial charge in [-0.05, 0) is 6.07 Å². The number of nitrogens with one attached hydrogen (secondary N) is 1. The molecule has 154 valence electrons. The van der Waals surface area contributed by atoms with Gasteiger partial charge < -0.3 is 9.47 Å². The van der Waals surface area contributed by atoms with Gasteiger partial charge in [0.1, 0.15) is 29.2 Å². The van der Waals surface area contributed by atoms with Crippen molar-refractivity contribution < 1.29 is 18.3 Å². The summed E-state index contributed by atoms with van der Waals surface area (Å²) < 4.78 is 42.4. The molecule has 1 N–H and O–H groups in total. The van der Waals surface area contributed by atoms with E-state index in [4.69, 9.17) is 9.47 Å². The first-order valence-electron chi connectivity index (χ1n) is 9.65. The minimum absolute atomic E-state index is 0.106. The molecule has 4 heterocycles. The van der Waals surface area contributed by atoms with Gasteiger partial charge in [0, 0.05) is 49.2 Å². The topological polar surface area (TPSA) is 77.9 Å². The summed E-state index contributed by atoms with van der Waals surface area (Å²) in [5.41, 5.74) is 2.08. The molecule has 1 aliphatic rings. The van der Waals surface area contributed by atoms with E-state index >= 15 is 0 Å². The summed E-state index contributed by atoms with van der Waals surface area (Å²) in [5, 5.41) is 12.0. The van der Waals surface area contributed by atoms with Crippen LogP contribution in [0.3, 0.4) is 0 Å². The van der Waals surface area contributed by atoms with E-state index in [2.05, 4.69) is 20.3 Å². The number of ether oxygens (including phenoxy) is 2. The van der Waals surface area contributed by atoms with Gasteiger partial charge >= 0.3 is 0 Å². The number of H-pyrrole nitrogens is 1. The third-order valence-corrected chi connectivity index (χ3v) is 5.17. The Labute approximate surface area is 170 Å². The lowest BCUT2D eigenvalue weighted by Crippen LogP contribution is -2.26. The number of hydrogen-bond acceptors (Lipinski definition) is 5. The van der Waals surface area contributed by atoms with Crippen molar-refractivity contribution in [1.82, 2.24) is 25.0 Å². The number of aryl methyl sites for hydroxylation is 1. The lowest BCUT2D eigenvalue weighted by molar-refractivity contribution is 0.0253. The highest BCUT2D eigenvalue weighted by molar-refractivity contribution is 5.94. The molecule has 3 aromatic heterocycles. The molecule has 4 aromatic rings. The van der Waals surface area contributed by atoms with Gasteiger partial charge in [-0.1, -0.05) is 0 Å². The molecular formula is C21H19F2N5O2. The molecular weight excluding hydrogens is 392 g/mol. The number of aromatic nitrogens is 5. The number of halogens is 2. The van der Waals surface area contributed by atoms with E-state index in [1.54, 1.807) is 24.0 Å². The third-order valence-electron chi connectivity index (χ3n) is 5.17. The Balaban J connectivity index is 1.51. The summed E-state index contributed by atoms with van der Waals surface area (Å²) >= 11 is 0. The molecule has 1 aliphatic heterocycles. The number of nitrogens with zero attached hydrogens (tertiary/aromatic N) is 4. The monoisotopic (exact) mass is 411 g/mol.